The topological polar surface area (TPSA) is 8.81 Å². The van der Waals surface area contributed by atoms with Gasteiger partial charge in [-0.3, -0.25) is 0 Å². The summed E-state index contributed by atoms with van der Waals surface area (Å²) in [5.41, 5.74) is 0.750. The van der Waals surface area contributed by atoms with E-state index in [1.807, 2.05) is 12.1 Å². The van der Waals surface area contributed by atoms with E-state index in [-0.39, 0.29) is 5.82 Å². The number of rotatable bonds is 17. The summed E-state index contributed by atoms with van der Waals surface area (Å²) in [4.78, 5) is 0. The van der Waals surface area contributed by atoms with Crippen molar-refractivity contribution in [3.8, 4) is 0 Å². The summed E-state index contributed by atoms with van der Waals surface area (Å²) in [6.07, 6.45) is 23.7. The molecule has 0 bridgehead atoms. The van der Waals surface area contributed by atoms with Gasteiger partial charge in [0.05, 0.1) is 6.54 Å². The van der Waals surface area contributed by atoms with Crippen LogP contribution in [0, 0.1) is 12.7 Å². The van der Waals surface area contributed by atoms with E-state index in [4.69, 9.17) is 0 Å². The van der Waals surface area contributed by atoms with E-state index in [0.717, 1.165) is 12.1 Å². The molecular weight excluding hydrogens is 371 g/mol. The maximum Gasteiger partial charge on any atom is 0.253 e. The van der Waals surface area contributed by atoms with Crippen molar-refractivity contribution in [2.24, 2.45) is 0 Å². The number of unbranched alkanes of at least 4 members (excludes halogenated alkanes) is 13. The van der Waals surface area contributed by atoms with Crippen LogP contribution < -0.4 is 4.57 Å². The molecule has 168 valence electrons. The van der Waals surface area contributed by atoms with Gasteiger partial charge in [-0.05, 0) is 18.9 Å². The Morgan fingerprint density at radius 3 is 1.87 bits per heavy atom. The van der Waals surface area contributed by atoms with Crippen molar-refractivity contribution in [1.29, 1.82) is 0 Å². The van der Waals surface area contributed by atoms with Crippen LogP contribution in [0.15, 0.2) is 36.7 Å². The zero-order valence-corrected chi connectivity index (χ0v) is 19.6. The molecule has 0 unspecified atom stereocenters. The molecule has 0 aliphatic carbocycles. The Kier molecular flexibility index (Phi) is 12.5. The molecule has 0 amide bonds. The first-order valence-electron chi connectivity index (χ1n) is 12.5. The van der Waals surface area contributed by atoms with Gasteiger partial charge in [0.25, 0.3) is 5.82 Å². The lowest BCUT2D eigenvalue weighted by molar-refractivity contribution is -0.694. The fraction of sp³-hybridized carbons (Fsp3) is 0.667. The highest BCUT2D eigenvalue weighted by Crippen LogP contribution is 2.13. The van der Waals surface area contributed by atoms with Crippen LogP contribution in [0.25, 0.3) is 0 Å². The smallest absolute Gasteiger partial charge is 0.234 e. The Morgan fingerprint density at radius 1 is 0.767 bits per heavy atom. The van der Waals surface area contributed by atoms with Gasteiger partial charge in [-0.2, -0.15) is 0 Å². The molecule has 0 N–H and O–H groups in total. The SMILES string of the molecule is CCCCCCCCCCCCCCCCn1cc[n+](Cc2ccccc2F)c1C. The average Bonchev–Trinajstić information content (AvgIpc) is 3.09. The van der Waals surface area contributed by atoms with Crippen LogP contribution in [-0.4, -0.2) is 4.57 Å². The van der Waals surface area contributed by atoms with Gasteiger partial charge in [-0.1, -0.05) is 102 Å². The maximum atomic E-state index is 13.9. The minimum Gasteiger partial charge on any atom is -0.234 e. The summed E-state index contributed by atoms with van der Waals surface area (Å²) in [5.74, 6) is 1.08. The second-order valence-electron chi connectivity index (χ2n) is 8.85. The minimum absolute atomic E-state index is 0.121. The molecule has 0 atom stereocenters. The number of halogens is 1. The van der Waals surface area contributed by atoms with Crippen molar-refractivity contribution in [3.63, 3.8) is 0 Å². The van der Waals surface area contributed by atoms with Gasteiger partial charge in [0.15, 0.2) is 0 Å². The zero-order chi connectivity index (χ0) is 21.4. The molecule has 0 fully saturated rings. The summed E-state index contributed by atoms with van der Waals surface area (Å²) >= 11 is 0. The number of hydrogen-bond donors (Lipinski definition) is 0. The van der Waals surface area contributed by atoms with Crippen LogP contribution >= 0.6 is 0 Å². The van der Waals surface area contributed by atoms with E-state index in [2.05, 4.69) is 35.4 Å². The van der Waals surface area contributed by atoms with Gasteiger partial charge in [0.1, 0.15) is 24.8 Å². The molecule has 0 radical (unpaired) electrons. The lowest BCUT2D eigenvalue weighted by Gasteiger charge is -2.04. The Balaban J connectivity index is 1.49. The largest absolute Gasteiger partial charge is 0.253 e. The van der Waals surface area contributed by atoms with Crippen molar-refractivity contribution in [2.75, 3.05) is 0 Å². The van der Waals surface area contributed by atoms with Crippen molar-refractivity contribution in [1.82, 2.24) is 4.57 Å². The molecule has 2 nitrogen and oxygen atoms in total. The molecule has 1 aromatic heterocycles. The average molecular weight is 416 g/mol. The van der Waals surface area contributed by atoms with Crippen LogP contribution in [0.1, 0.15) is 108 Å². The highest BCUT2D eigenvalue weighted by atomic mass is 19.1. The van der Waals surface area contributed by atoms with E-state index in [9.17, 15) is 4.39 Å². The van der Waals surface area contributed by atoms with Gasteiger partial charge in [-0.15, -0.1) is 0 Å². The summed E-state index contributed by atoms with van der Waals surface area (Å²) in [5, 5.41) is 0. The van der Waals surface area contributed by atoms with Gasteiger partial charge < -0.3 is 0 Å². The van der Waals surface area contributed by atoms with E-state index >= 15 is 0 Å². The second-order valence-corrected chi connectivity index (χ2v) is 8.85. The second kappa shape index (κ2) is 15.2. The first kappa shape index (κ1) is 24.6. The normalized spacial score (nSPS) is 11.3. The molecule has 0 saturated heterocycles. The quantitative estimate of drug-likeness (QED) is 0.184. The van der Waals surface area contributed by atoms with E-state index in [1.54, 1.807) is 6.07 Å². The van der Waals surface area contributed by atoms with Gasteiger partial charge >= 0.3 is 0 Å². The van der Waals surface area contributed by atoms with Gasteiger partial charge in [0.2, 0.25) is 0 Å². The van der Waals surface area contributed by atoms with Crippen molar-refractivity contribution >= 4 is 0 Å². The lowest BCUT2D eigenvalue weighted by Crippen LogP contribution is -2.36. The maximum absolute atomic E-state index is 13.9. The fourth-order valence-corrected chi connectivity index (χ4v) is 4.23. The third-order valence-corrected chi connectivity index (χ3v) is 6.31. The van der Waals surface area contributed by atoms with E-state index in [0.29, 0.717) is 6.54 Å². The number of benzene rings is 1. The number of imidazole rings is 1. The van der Waals surface area contributed by atoms with Crippen molar-refractivity contribution in [3.05, 3.63) is 53.9 Å². The van der Waals surface area contributed by atoms with Gasteiger partial charge in [-0.25, -0.2) is 13.5 Å². The third kappa shape index (κ3) is 9.45. The summed E-state index contributed by atoms with van der Waals surface area (Å²) in [6, 6.07) is 7.06. The predicted molar refractivity (Wildman–Crippen MR) is 125 cm³/mol. The Hall–Kier alpha value is -1.64. The standard InChI is InChI=1S/C27H44FN2/c1-3-4-5-6-7-8-9-10-11-12-13-14-15-18-21-29-22-23-30(25(29)2)24-26-19-16-17-20-27(26)28/h16-17,19-20,22-23H,3-15,18,21,24H2,1-2H3/q+1. The van der Waals surface area contributed by atoms with Gasteiger partial charge in [0, 0.05) is 12.5 Å². The van der Waals surface area contributed by atoms with Crippen LogP contribution in [0.4, 0.5) is 4.39 Å². The van der Waals surface area contributed by atoms with Crippen LogP contribution in [0.5, 0.6) is 0 Å². The highest BCUT2D eigenvalue weighted by molar-refractivity contribution is 5.16. The molecule has 3 heteroatoms. The predicted octanol–water partition coefficient (Wildman–Crippen LogP) is 7.75. The monoisotopic (exact) mass is 415 g/mol. The summed E-state index contributed by atoms with van der Waals surface area (Å²) < 4.78 is 18.3. The number of nitrogens with zero attached hydrogens (tertiary/aromatic N) is 2. The minimum atomic E-state index is -0.121. The summed E-state index contributed by atoms with van der Waals surface area (Å²) in [6.45, 7) is 6.08. The fourth-order valence-electron chi connectivity index (χ4n) is 4.23. The Bertz CT molecular complexity index is 692. The van der Waals surface area contributed by atoms with Crippen LogP contribution in [-0.2, 0) is 13.1 Å². The first-order chi connectivity index (χ1) is 14.7. The number of aromatic nitrogens is 2. The zero-order valence-electron chi connectivity index (χ0n) is 19.6. The number of aryl methyl sites for hydroxylation is 1. The lowest BCUT2D eigenvalue weighted by atomic mass is 10.0. The molecule has 0 aliphatic rings. The molecule has 2 rings (SSSR count). The Morgan fingerprint density at radius 2 is 1.30 bits per heavy atom. The van der Waals surface area contributed by atoms with Crippen molar-refractivity contribution < 1.29 is 8.96 Å². The molecule has 0 saturated carbocycles. The number of hydrogen-bond acceptors (Lipinski definition) is 0. The molecule has 30 heavy (non-hydrogen) atoms. The van der Waals surface area contributed by atoms with E-state index in [1.165, 1.54) is 102 Å². The van der Waals surface area contributed by atoms with Crippen LogP contribution in [0.2, 0.25) is 0 Å². The first-order valence-corrected chi connectivity index (χ1v) is 12.5. The summed E-state index contributed by atoms with van der Waals surface area (Å²) in [7, 11) is 0. The molecule has 1 aromatic carbocycles. The van der Waals surface area contributed by atoms with Crippen LogP contribution in [0.3, 0.4) is 0 Å². The third-order valence-electron chi connectivity index (χ3n) is 6.31. The Labute approximate surface area is 184 Å². The molecule has 1 heterocycles. The molecule has 0 spiro atoms. The molecule has 0 aliphatic heterocycles. The highest BCUT2D eigenvalue weighted by Gasteiger charge is 2.13. The molecule has 2 aromatic rings. The van der Waals surface area contributed by atoms with E-state index < -0.39 is 0 Å². The van der Waals surface area contributed by atoms with Crippen molar-refractivity contribution in [2.45, 2.75) is 117 Å². The molecular formula is C27H44FN2+.